The number of amides is 1. The highest BCUT2D eigenvalue weighted by atomic mass is 19.1. The fourth-order valence-electron chi connectivity index (χ4n) is 3.90. The third-order valence-corrected chi connectivity index (χ3v) is 6.00. The van der Waals surface area contributed by atoms with E-state index in [2.05, 4.69) is 39.5 Å². The van der Waals surface area contributed by atoms with E-state index in [1.165, 1.54) is 28.8 Å². The van der Waals surface area contributed by atoms with Crippen molar-refractivity contribution in [2.75, 3.05) is 19.7 Å². The van der Waals surface area contributed by atoms with E-state index in [-0.39, 0.29) is 30.4 Å². The third kappa shape index (κ3) is 5.15. The maximum Gasteiger partial charge on any atom is 0.260 e. The molecule has 0 N–H and O–H groups in total. The first-order valence-electron chi connectivity index (χ1n) is 10.2. The average molecular weight is 399 g/mol. The van der Waals surface area contributed by atoms with Crippen molar-refractivity contribution >= 4 is 5.91 Å². The number of halogens is 1. The summed E-state index contributed by atoms with van der Waals surface area (Å²) < 4.78 is 18.9. The second-order valence-corrected chi connectivity index (χ2v) is 8.27. The number of aryl methyl sites for hydroxylation is 2. The number of carbonyl (C=O) groups is 1. The van der Waals surface area contributed by atoms with Crippen molar-refractivity contribution in [1.29, 1.82) is 0 Å². The van der Waals surface area contributed by atoms with Crippen molar-refractivity contribution in [3.8, 4) is 5.75 Å². The van der Waals surface area contributed by atoms with E-state index in [0.717, 1.165) is 24.4 Å². The second-order valence-electron chi connectivity index (χ2n) is 8.27. The van der Waals surface area contributed by atoms with Crippen LogP contribution < -0.4 is 4.74 Å². The smallest absolute Gasteiger partial charge is 0.260 e. The molecule has 5 heteroatoms. The quantitative estimate of drug-likeness (QED) is 0.755. The average Bonchev–Trinajstić information content (AvgIpc) is 2.68. The minimum atomic E-state index is -0.218. The number of carbonyl (C=O) groups excluding carboxylic acids is 1. The summed E-state index contributed by atoms with van der Waals surface area (Å²) in [5.74, 6) is 0.542. The van der Waals surface area contributed by atoms with Gasteiger partial charge in [-0.1, -0.05) is 12.1 Å². The Morgan fingerprint density at radius 3 is 2.28 bits per heavy atom. The van der Waals surface area contributed by atoms with Crippen molar-refractivity contribution in [1.82, 2.24) is 9.80 Å². The van der Waals surface area contributed by atoms with E-state index in [4.69, 9.17) is 4.74 Å². The van der Waals surface area contributed by atoms with E-state index in [1.807, 2.05) is 29.2 Å². The molecule has 1 aliphatic rings. The second kappa shape index (κ2) is 8.95. The molecule has 0 radical (unpaired) electrons. The molecule has 1 saturated heterocycles. The SMILES string of the molecule is Cc1cc(OCC(=O)N2CC(C)N(Cc3ccc(F)cc3)CC2C)cc(C)c1C. The van der Waals surface area contributed by atoms with Gasteiger partial charge >= 0.3 is 0 Å². The van der Waals surface area contributed by atoms with Crippen LogP contribution in [0.25, 0.3) is 0 Å². The molecule has 2 aromatic carbocycles. The number of hydrogen-bond donors (Lipinski definition) is 0. The lowest BCUT2D eigenvalue weighted by Gasteiger charge is -2.44. The van der Waals surface area contributed by atoms with Crippen LogP contribution in [0, 0.1) is 26.6 Å². The lowest BCUT2D eigenvalue weighted by atomic mass is 10.0. The molecular weight excluding hydrogens is 367 g/mol. The molecule has 1 fully saturated rings. The minimum absolute atomic E-state index is 0.0154. The largest absolute Gasteiger partial charge is 0.484 e. The number of benzene rings is 2. The summed E-state index contributed by atoms with van der Waals surface area (Å²) in [4.78, 5) is 17.1. The van der Waals surface area contributed by atoms with Crippen LogP contribution in [-0.4, -0.2) is 47.5 Å². The first kappa shape index (κ1) is 21.3. The van der Waals surface area contributed by atoms with Crippen LogP contribution in [0.5, 0.6) is 5.75 Å². The predicted octanol–water partition coefficient (Wildman–Crippen LogP) is 4.25. The van der Waals surface area contributed by atoms with Gasteiger partial charge in [0.15, 0.2) is 6.61 Å². The van der Waals surface area contributed by atoms with Crippen molar-refractivity contribution in [3.05, 3.63) is 64.5 Å². The Labute approximate surface area is 173 Å². The Balaban J connectivity index is 1.57. The van der Waals surface area contributed by atoms with Crippen LogP contribution in [0.2, 0.25) is 0 Å². The van der Waals surface area contributed by atoms with Crippen LogP contribution in [0.1, 0.15) is 36.1 Å². The Bertz CT molecular complexity index is 843. The van der Waals surface area contributed by atoms with Crippen molar-refractivity contribution in [2.45, 2.75) is 53.2 Å². The lowest BCUT2D eigenvalue weighted by molar-refractivity contribution is -0.139. The predicted molar refractivity (Wildman–Crippen MR) is 114 cm³/mol. The molecule has 156 valence electrons. The van der Waals surface area contributed by atoms with Gasteiger partial charge in [-0.15, -0.1) is 0 Å². The van der Waals surface area contributed by atoms with Crippen LogP contribution in [0.3, 0.4) is 0 Å². The summed E-state index contributed by atoms with van der Waals surface area (Å²) in [6, 6.07) is 10.9. The Kier molecular flexibility index (Phi) is 6.58. The minimum Gasteiger partial charge on any atom is -0.484 e. The van der Waals surface area contributed by atoms with Gasteiger partial charge in [-0.05, 0) is 81.1 Å². The van der Waals surface area contributed by atoms with Gasteiger partial charge in [0.1, 0.15) is 11.6 Å². The van der Waals surface area contributed by atoms with Gasteiger partial charge in [-0.25, -0.2) is 4.39 Å². The zero-order valence-electron chi connectivity index (χ0n) is 18.0. The van der Waals surface area contributed by atoms with Gasteiger partial charge in [0.25, 0.3) is 5.91 Å². The number of rotatable bonds is 5. The topological polar surface area (TPSA) is 32.8 Å². The van der Waals surface area contributed by atoms with Gasteiger partial charge in [0.2, 0.25) is 0 Å². The van der Waals surface area contributed by atoms with Gasteiger partial charge in [0.05, 0.1) is 0 Å². The molecule has 2 aromatic rings. The molecule has 0 aliphatic carbocycles. The molecule has 1 amide bonds. The fraction of sp³-hybridized carbons (Fsp3) is 0.458. The zero-order valence-corrected chi connectivity index (χ0v) is 18.0. The normalized spacial score (nSPS) is 20.0. The summed E-state index contributed by atoms with van der Waals surface area (Å²) in [6.45, 7) is 12.7. The van der Waals surface area contributed by atoms with E-state index >= 15 is 0 Å². The van der Waals surface area contributed by atoms with Gasteiger partial charge in [0, 0.05) is 31.7 Å². The van der Waals surface area contributed by atoms with Gasteiger partial charge in [-0.2, -0.15) is 0 Å². The van der Waals surface area contributed by atoms with Crippen molar-refractivity contribution in [2.24, 2.45) is 0 Å². The summed E-state index contributed by atoms with van der Waals surface area (Å²) in [5, 5.41) is 0. The number of ether oxygens (including phenoxy) is 1. The lowest BCUT2D eigenvalue weighted by Crippen LogP contribution is -2.58. The van der Waals surface area contributed by atoms with Crippen LogP contribution in [-0.2, 0) is 11.3 Å². The summed E-state index contributed by atoms with van der Waals surface area (Å²) in [5.41, 5.74) is 4.68. The number of hydrogen-bond acceptors (Lipinski definition) is 3. The monoisotopic (exact) mass is 398 g/mol. The molecule has 0 spiro atoms. The molecule has 29 heavy (non-hydrogen) atoms. The molecule has 0 bridgehead atoms. The highest BCUT2D eigenvalue weighted by Crippen LogP contribution is 2.22. The standard InChI is InChI=1S/C24H31FN2O2/c1-16-10-23(11-17(2)20(16)5)29-15-24(28)27-13-18(3)26(12-19(27)4)14-21-6-8-22(25)9-7-21/h6-11,18-19H,12-15H2,1-5H3. The van der Waals surface area contributed by atoms with E-state index in [9.17, 15) is 9.18 Å². The summed E-state index contributed by atoms with van der Waals surface area (Å²) in [6.07, 6.45) is 0. The molecule has 1 heterocycles. The van der Waals surface area contributed by atoms with Crippen molar-refractivity contribution < 1.29 is 13.9 Å². The Morgan fingerprint density at radius 2 is 1.66 bits per heavy atom. The van der Waals surface area contributed by atoms with Crippen molar-refractivity contribution in [3.63, 3.8) is 0 Å². The molecule has 2 unspecified atom stereocenters. The van der Waals surface area contributed by atoms with E-state index in [1.54, 1.807) is 0 Å². The first-order valence-corrected chi connectivity index (χ1v) is 10.2. The molecule has 4 nitrogen and oxygen atoms in total. The Morgan fingerprint density at radius 1 is 1.03 bits per heavy atom. The third-order valence-electron chi connectivity index (χ3n) is 6.00. The van der Waals surface area contributed by atoms with Gasteiger partial charge in [-0.3, -0.25) is 9.69 Å². The highest BCUT2D eigenvalue weighted by Gasteiger charge is 2.32. The molecular formula is C24H31FN2O2. The molecule has 0 aromatic heterocycles. The molecule has 3 rings (SSSR count). The van der Waals surface area contributed by atoms with Gasteiger partial charge < -0.3 is 9.64 Å². The zero-order chi connectivity index (χ0) is 21.1. The number of piperazine rings is 1. The van der Waals surface area contributed by atoms with Crippen LogP contribution >= 0.6 is 0 Å². The first-order chi connectivity index (χ1) is 13.7. The van der Waals surface area contributed by atoms with Crippen LogP contribution in [0.15, 0.2) is 36.4 Å². The van der Waals surface area contributed by atoms with Crippen LogP contribution in [0.4, 0.5) is 4.39 Å². The van der Waals surface area contributed by atoms with E-state index in [0.29, 0.717) is 6.54 Å². The summed E-state index contributed by atoms with van der Waals surface area (Å²) in [7, 11) is 0. The molecule has 0 saturated carbocycles. The fourth-order valence-corrected chi connectivity index (χ4v) is 3.90. The van der Waals surface area contributed by atoms with E-state index < -0.39 is 0 Å². The summed E-state index contributed by atoms with van der Waals surface area (Å²) >= 11 is 0. The number of nitrogens with zero attached hydrogens (tertiary/aromatic N) is 2. The maximum atomic E-state index is 13.1. The molecule has 1 aliphatic heterocycles. The maximum absolute atomic E-state index is 13.1. The Hall–Kier alpha value is -2.40. The highest BCUT2D eigenvalue weighted by molar-refractivity contribution is 5.78. The molecule has 2 atom stereocenters.